The number of rotatable bonds is 9. The maximum absolute atomic E-state index is 13.4. The zero-order chi connectivity index (χ0) is 23.5. The number of nitrogens with zero attached hydrogens (tertiary/aromatic N) is 4. The van der Waals surface area contributed by atoms with Crippen LogP contribution in [-0.4, -0.2) is 88.8 Å². The second-order valence-corrected chi connectivity index (χ2v) is 10.6. The molecular formula is C22H35N5O4S. The summed E-state index contributed by atoms with van der Waals surface area (Å²) in [6.07, 6.45) is 2.67. The number of likely N-dealkylation sites (N-methyl/N-ethyl adjacent to an activating group) is 1. The number of fused-ring (bicyclic) bond motifs is 3. The van der Waals surface area contributed by atoms with Crippen molar-refractivity contribution in [3.05, 3.63) is 18.2 Å². The molecule has 2 heterocycles. The third kappa shape index (κ3) is 4.92. The van der Waals surface area contributed by atoms with E-state index >= 15 is 0 Å². The lowest BCUT2D eigenvalue weighted by Crippen LogP contribution is -2.57. The summed E-state index contributed by atoms with van der Waals surface area (Å²) in [5.41, 5.74) is 1.29. The topological polar surface area (TPSA) is 93.3 Å². The average molecular weight is 466 g/mol. The van der Waals surface area contributed by atoms with Gasteiger partial charge in [-0.2, -0.15) is 0 Å². The quantitative estimate of drug-likeness (QED) is 0.587. The van der Waals surface area contributed by atoms with E-state index in [2.05, 4.69) is 29.0 Å². The van der Waals surface area contributed by atoms with E-state index in [9.17, 15) is 18.0 Å². The summed E-state index contributed by atoms with van der Waals surface area (Å²) in [6, 6.07) is 4.56. The van der Waals surface area contributed by atoms with Gasteiger partial charge in [0, 0.05) is 33.7 Å². The van der Waals surface area contributed by atoms with E-state index in [0.717, 1.165) is 55.4 Å². The van der Waals surface area contributed by atoms with Crippen molar-refractivity contribution < 1.29 is 18.0 Å². The van der Waals surface area contributed by atoms with Gasteiger partial charge in [-0.05, 0) is 50.6 Å². The van der Waals surface area contributed by atoms with Crippen LogP contribution in [0.1, 0.15) is 33.1 Å². The normalized spacial score (nSPS) is 18.7. The van der Waals surface area contributed by atoms with E-state index in [4.69, 9.17) is 0 Å². The summed E-state index contributed by atoms with van der Waals surface area (Å²) in [4.78, 5) is 31.9. The molecule has 1 saturated heterocycles. The molecule has 0 aromatic heterocycles. The second-order valence-electron chi connectivity index (χ2n) is 8.44. The number of amides is 2. The largest absolute Gasteiger partial charge is 0.358 e. The standard InChI is InChI=1S/C22H35N5O4S/c1-5-25(6-2)14-12-23-21(28)16-27-20-15-17(32(30,31)24(3)4)10-11-18(20)26-13-8-7-9-19(26)22(27)29/h10-11,15,19H,5-9,12-14,16H2,1-4H3,(H,23,28). The molecule has 2 amide bonds. The molecule has 32 heavy (non-hydrogen) atoms. The molecule has 1 aromatic rings. The maximum atomic E-state index is 13.4. The summed E-state index contributed by atoms with van der Waals surface area (Å²) in [7, 11) is -0.720. The minimum atomic E-state index is -3.67. The van der Waals surface area contributed by atoms with Crippen molar-refractivity contribution >= 4 is 33.2 Å². The first-order valence-electron chi connectivity index (χ1n) is 11.3. The zero-order valence-electron chi connectivity index (χ0n) is 19.5. The molecule has 0 saturated carbocycles. The summed E-state index contributed by atoms with van der Waals surface area (Å²) in [5, 5.41) is 2.90. The highest BCUT2D eigenvalue weighted by Gasteiger charge is 2.40. The number of hydrogen-bond acceptors (Lipinski definition) is 6. The van der Waals surface area contributed by atoms with Crippen LogP contribution in [0.3, 0.4) is 0 Å². The lowest BCUT2D eigenvalue weighted by Gasteiger charge is -2.45. The smallest absolute Gasteiger partial charge is 0.250 e. The number of piperidine rings is 1. The maximum Gasteiger partial charge on any atom is 0.250 e. The van der Waals surface area contributed by atoms with Gasteiger partial charge in [0.05, 0.1) is 16.3 Å². The number of carbonyl (C=O) groups excluding carboxylic acids is 2. The zero-order valence-corrected chi connectivity index (χ0v) is 20.3. The van der Waals surface area contributed by atoms with Crippen molar-refractivity contribution in [1.82, 2.24) is 14.5 Å². The monoisotopic (exact) mass is 465 g/mol. The number of hydrogen-bond donors (Lipinski definition) is 1. The number of carbonyl (C=O) groups is 2. The van der Waals surface area contributed by atoms with Crippen LogP contribution in [0.15, 0.2) is 23.1 Å². The Bertz CT molecular complexity index is 946. The summed E-state index contributed by atoms with van der Waals surface area (Å²) in [6.45, 7) is 7.82. The van der Waals surface area contributed by atoms with Gasteiger partial charge in [0.1, 0.15) is 12.6 Å². The van der Waals surface area contributed by atoms with Crippen molar-refractivity contribution in [1.29, 1.82) is 0 Å². The fourth-order valence-corrected chi connectivity index (χ4v) is 5.29. The minimum Gasteiger partial charge on any atom is -0.358 e. The minimum absolute atomic E-state index is 0.108. The first-order valence-corrected chi connectivity index (χ1v) is 12.8. The van der Waals surface area contributed by atoms with E-state index in [-0.39, 0.29) is 29.3 Å². The van der Waals surface area contributed by atoms with Gasteiger partial charge in [0.2, 0.25) is 21.8 Å². The molecule has 1 atom stereocenters. The van der Waals surface area contributed by atoms with Crippen LogP contribution < -0.4 is 15.1 Å². The van der Waals surface area contributed by atoms with Crippen molar-refractivity contribution in [2.75, 3.05) is 63.2 Å². The van der Waals surface area contributed by atoms with Crippen LogP contribution in [0, 0.1) is 0 Å². The Morgan fingerprint density at radius 3 is 2.53 bits per heavy atom. The Morgan fingerprint density at radius 1 is 1.16 bits per heavy atom. The van der Waals surface area contributed by atoms with Crippen LogP contribution in [-0.2, 0) is 19.6 Å². The molecule has 1 unspecified atom stereocenters. The van der Waals surface area contributed by atoms with Crippen molar-refractivity contribution in [3.8, 4) is 0 Å². The Kier molecular flexibility index (Phi) is 7.79. The van der Waals surface area contributed by atoms with Crippen LogP contribution in [0.25, 0.3) is 0 Å². The number of sulfonamides is 1. The Morgan fingerprint density at radius 2 is 1.88 bits per heavy atom. The van der Waals surface area contributed by atoms with Crippen molar-refractivity contribution in [2.45, 2.75) is 44.0 Å². The summed E-state index contributed by atoms with van der Waals surface area (Å²) < 4.78 is 26.5. The first-order chi connectivity index (χ1) is 15.2. The number of nitrogens with one attached hydrogen (secondary N) is 1. The second kappa shape index (κ2) is 10.2. The van der Waals surface area contributed by atoms with Gasteiger partial charge >= 0.3 is 0 Å². The van der Waals surface area contributed by atoms with Gasteiger partial charge in [-0.15, -0.1) is 0 Å². The van der Waals surface area contributed by atoms with Crippen LogP contribution in [0.4, 0.5) is 11.4 Å². The SMILES string of the molecule is CCN(CC)CCNC(=O)CN1C(=O)C2CCCCN2c2ccc(S(=O)(=O)N(C)C)cc21. The van der Waals surface area contributed by atoms with Crippen LogP contribution in [0.5, 0.6) is 0 Å². The molecule has 3 rings (SSSR count). The molecule has 2 aliphatic heterocycles. The molecule has 1 fully saturated rings. The number of benzene rings is 1. The molecule has 1 N–H and O–H groups in total. The fraction of sp³-hybridized carbons (Fsp3) is 0.636. The predicted molar refractivity (Wildman–Crippen MR) is 125 cm³/mol. The molecular weight excluding hydrogens is 430 g/mol. The van der Waals surface area contributed by atoms with Gasteiger partial charge < -0.3 is 15.1 Å². The third-order valence-corrected chi connectivity index (χ3v) is 8.14. The third-order valence-electron chi connectivity index (χ3n) is 6.33. The molecule has 2 aliphatic rings. The van der Waals surface area contributed by atoms with E-state index in [1.165, 1.54) is 25.1 Å². The molecule has 0 bridgehead atoms. The van der Waals surface area contributed by atoms with E-state index in [1.807, 2.05) is 0 Å². The van der Waals surface area contributed by atoms with Gasteiger partial charge in [0.15, 0.2) is 0 Å². The van der Waals surface area contributed by atoms with E-state index in [1.54, 1.807) is 12.1 Å². The molecule has 9 nitrogen and oxygen atoms in total. The highest BCUT2D eigenvalue weighted by molar-refractivity contribution is 7.89. The van der Waals surface area contributed by atoms with Crippen LogP contribution in [0.2, 0.25) is 0 Å². The average Bonchev–Trinajstić information content (AvgIpc) is 2.79. The summed E-state index contributed by atoms with van der Waals surface area (Å²) >= 11 is 0. The molecule has 0 radical (unpaired) electrons. The molecule has 0 aliphatic carbocycles. The van der Waals surface area contributed by atoms with E-state index < -0.39 is 10.0 Å². The molecule has 178 valence electrons. The fourth-order valence-electron chi connectivity index (χ4n) is 4.36. The van der Waals surface area contributed by atoms with Gasteiger partial charge in [-0.1, -0.05) is 13.8 Å². The van der Waals surface area contributed by atoms with Crippen molar-refractivity contribution in [3.63, 3.8) is 0 Å². The Balaban J connectivity index is 1.88. The lowest BCUT2D eigenvalue weighted by molar-refractivity contribution is -0.125. The van der Waals surface area contributed by atoms with Gasteiger partial charge in [0.25, 0.3) is 0 Å². The molecule has 1 aromatic carbocycles. The van der Waals surface area contributed by atoms with Gasteiger partial charge in [-0.3, -0.25) is 14.5 Å². The first kappa shape index (κ1) is 24.5. The Hall–Kier alpha value is -2.17. The lowest BCUT2D eigenvalue weighted by atomic mass is 9.96. The summed E-state index contributed by atoms with van der Waals surface area (Å²) in [5.74, 6) is -0.392. The highest BCUT2D eigenvalue weighted by atomic mass is 32.2. The van der Waals surface area contributed by atoms with Crippen LogP contribution >= 0.6 is 0 Å². The Labute approximate surface area is 191 Å². The predicted octanol–water partition coefficient (Wildman–Crippen LogP) is 1.10. The molecule has 10 heteroatoms. The van der Waals surface area contributed by atoms with Crippen molar-refractivity contribution in [2.24, 2.45) is 0 Å². The number of anilines is 2. The van der Waals surface area contributed by atoms with E-state index in [0.29, 0.717) is 12.2 Å². The highest BCUT2D eigenvalue weighted by Crippen LogP contribution is 2.40. The molecule has 0 spiro atoms. The van der Waals surface area contributed by atoms with Gasteiger partial charge in [-0.25, -0.2) is 12.7 Å².